The van der Waals surface area contributed by atoms with E-state index in [2.05, 4.69) is 15.0 Å². The topological polar surface area (TPSA) is 80.3 Å². The van der Waals surface area contributed by atoms with Gasteiger partial charge in [0.15, 0.2) is 16.1 Å². The van der Waals surface area contributed by atoms with Crippen LogP contribution in [0.25, 0.3) is 10.4 Å². The number of carbonyl (C=O) groups is 1. The van der Waals surface area contributed by atoms with Crippen molar-refractivity contribution in [3.05, 3.63) is 53.2 Å². The van der Waals surface area contributed by atoms with E-state index in [1.165, 1.54) is 11.3 Å². The van der Waals surface area contributed by atoms with Gasteiger partial charge in [0.25, 0.3) is 0 Å². The Kier molecular flexibility index (Phi) is 7.13. The number of hydrogen-bond donors (Lipinski definition) is 2. The first-order valence-corrected chi connectivity index (χ1v) is 12.7. The van der Waals surface area contributed by atoms with Crippen LogP contribution < -0.4 is 14.8 Å². The number of hydrogen-bond acceptors (Lipinski definition) is 5. The van der Waals surface area contributed by atoms with E-state index in [9.17, 15) is 9.00 Å². The number of aryl methyl sites for hydroxylation is 1. The summed E-state index contributed by atoms with van der Waals surface area (Å²) in [6.07, 6.45) is 4.10. The fraction of sp³-hybridized carbons (Fsp3) is 0.304. The predicted molar refractivity (Wildman–Crippen MR) is 131 cm³/mol. The summed E-state index contributed by atoms with van der Waals surface area (Å²) in [5, 5.41) is 4.17. The van der Waals surface area contributed by atoms with E-state index in [4.69, 9.17) is 16.3 Å². The van der Waals surface area contributed by atoms with Crippen LogP contribution >= 0.6 is 22.9 Å². The Hall–Kier alpha value is -2.42. The molecule has 1 aliphatic carbocycles. The molecule has 0 spiro atoms. The molecule has 6 nitrogen and oxygen atoms in total. The summed E-state index contributed by atoms with van der Waals surface area (Å²) in [7, 11) is -0.00258. The molecule has 1 amide bonds. The Morgan fingerprint density at radius 3 is 2.59 bits per heavy atom. The van der Waals surface area contributed by atoms with Crippen molar-refractivity contribution in [3.63, 3.8) is 0 Å². The lowest BCUT2D eigenvalue weighted by Crippen LogP contribution is -2.20. The zero-order valence-electron chi connectivity index (χ0n) is 17.8. The van der Waals surface area contributed by atoms with Crippen LogP contribution in [0.5, 0.6) is 5.75 Å². The van der Waals surface area contributed by atoms with Gasteiger partial charge in [-0.15, -0.1) is 0 Å². The van der Waals surface area contributed by atoms with Gasteiger partial charge in [-0.2, -0.15) is 0 Å². The van der Waals surface area contributed by atoms with Gasteiger partial charge >= 0.3 is 0 Å². The van der Waals surface area contributed by atoms with Crippen LogP contribution in [0.3, 0.4) is 0 Å². The van der Waals surface area contributed by atoms with Crippen molar-refractivity contribution in [2.45, 2.75) is 37.5 Å². The van der Waals surface area contributed by atoms with Crippen LogP contribution in [0, 0.1) is 12.8 Å². The lowest BCUT2D eigenvalue weighted by atomic mass is 10.1. The van der Waals surface area contributed by atoms with Gasteiger partial charge in [0, 0.05) is 16.6 Å². The molecular weight excluding hydrogens is 466 g/mol. The molecule has 1 fully saturated rings. The number of rotatable bonds is 7. The van der Waals surface area contributed by atoms with Gasteiger partial charge in [0.05, 0.1) is 17.7 Å². The molecule has 0 saturated heterocycles. The van der Waals surface area contributed by atoms with E-state index < -0.39 is 11.0 Å². The summed E-state index contributed by atoms with van der Waals surface area (Å²) in [6.45, 7) is 1.91. The SMILES string of the molecule is COc1ccc(-c2sc(NC(=O)C3CCCC3)nc2C)cc1S(=O)Nc1ccc(Cl)cc1. The fourth-order valence-electron chi connectivity index (χ4n) is 3.76. The van der Waals surface area contributed by atoms with E-state index >= 15 is 0 Å². The third-order valence-electron chi connectivity index (χ3n) is 5.43. The molecule has 168 valence electrons. The summed E-state index contributed by atoms with van der Waals surface area (Å²) in [5.41, 5.74) is 2.36. The van der Waals surface area contributed by atoms with Crippen LogP contribution in [0.15, 0.2) is 47.4 Å². The van der Waals surface area contributed by atoms with Crippen LogP contribution in [0.2, 0.25) is 5.02 Å². The Morgan fingerprint density at radius 2 is 1.91 bits per heavy atom. The van der Waals surface area contributed by atoms with Crippen molar-refractivity contribution in [2.24, 2.45) is 5.92 Å². The molecule has 0 aliphatic heterocycles. The summed E-state index contributed by atoms with van der Waals surface area (Å²) >= 11 is 7.35. The summed E-state index contributed by atoms with van der Waals surface area (Å²) in [6, 6.07) is 12.5. The van der Waals surface area contributed by atoms with Gasteiger partial charge in [0.2, 0.25) is 5.91 Å². The molecule has 1 aliphatic rings. The predicted octanol–water partition coefficient (Wildman–Crippen LogP) is 6.04. The molecule has 9 heteroatoms. The number of nitrogens with zero attached hydrogens (tertiary/aromatic N) is 1. The highest BCUT2D eigenvalue weighted by molar-refractivity contribution is 7.86. The molecule has 1 saturated carbocycles. The average Bonchev–Trinajstić information content (AvgIpc) is 3.45. The third-order valence-corrected chi connectivity index (χ3v) is 7.95. The molecule has 3 aromatic rings. The number of benzene rings is 2. The highest BCUT2D eigenvalue weighted by Gasteiger charge is 2.24. The largest absolute Gasteiger partial charge is 0.495 e. The molecule has 1 heterocycles. The van der Waals surface area contributed by atoms with Gasteiger partial charge in [-0.1, -0.05) is 35.8 Å². The fourth-order valence-corrected chi connectivity index (χ4v) is 5.88. The summed E-state index contributed by atoms with van der Waals surface area (Å²) < 4.78 is 21.5. The number of halogens is 1. The second kappa shape index (κ2) is 10.0. The number of ether oxygens (including phenoxy) is 1. The number of methoxy groups -OCH3 is 1. The zero-order chi connectivity index (χ0) is 22.7. The number of thiazole rings is 1. The summed E-state index contributed by atoms with van der Waals surface area (Å²) in [4.78, 5) is 18.5. The van der Waals surface area contributed by atoms with Gasteiger partial charge < -0.3 is 14.8 Å². The molecule has 0 bridgehead atoms. The molecule has 1 atom stereocenters. The average molecular weight is 490 g/mol. The zero-order valence-corrected chi connectivity index (χ0v) is 20.2. The second-order valence-electron chi connectivity index (χ2n) is 7.65. The minimum Gasteiger partial charge on any atom is -0.495 e. The maximum atomic E-state index is 13.1. The van der Waals surface area contributed by atoms with Crippen LogP contribution in [0.1, 0.15) is 31.4 Å². The highest BCUT2D eigenvalue weighted by Crippen LogP contribution is 2.37. The summed E-state index contributed by atoms with van der Waals surface area (Å²) in [5.74, 6) is 0.647. The van der Waals surface area contributed by atoms with E-state index in [-0.39, 0.29) is 11.8 Å². The van der Waals surface area contributed by atoms with Gasteiger partial charge in [-0.05, 0) is 67.8 Å². The molecule has 2 aromatic carbocycles. The van der Waals surface area contributed by atoms with Gasteiger partial charge in [-0.3, -0.25) is 4.79 Å². The van der Waals surface area contributed by atoms with Crippen molar-refractivity contribution >= 4 is 50.6 Å². The lowest BCUT2D eigenvalue weighted by molar-refractivity contribution is -0.119. The third kappa shape index (κ3) is 5.14. The standard InChI is InChI=1S/C23H24ClN3O3S2/c1-14-21(31-23(25-14)26-22(28)15-5-3-4-6-15)16-7-12-19(30-2)20(13-16)32(29)27-18-10-8-17(24)9-11-18/h7-13,15,27H,3-6H2,1-2H3,(H,25,26,28). The number of anilines is 2. The smallest absolute Gasteiger partial charge is 0.229 e. The molecule has 4 rings (SSSR count). The van der Waals surface area contributed by atoms with Gasteiger partial charge in [0.1, 0.15) is 10.6 Å². The first kappa shape index (κ1) is 22.8. The Balaban J connectivity index is 1.57. The molecule has 0 radical (unpaired) electrons. The Morgan fingerprint density at radius 1 is 1.19 bits per heavy atom. The van der Waals surface area contributed by atoms with Crippen molar-refractivity contribution in [3.8, 4) is 16.2 Å². The van der Waals surface area contributed by atoms with Crippen LogP contribution in [-0.4, -0.2) is 22.2 Å². The van der Waals surface area contributed by atoms with Crippen molar-refractivity contribution in [2.75, 3.05) is 17.1 Å². The quantitative estimate of drug-likeness (QED) is 0.423. The van der Waals surface area contributed by atoms with Crippen molar-refractivity contribution < 1.29 is 13.7 Å². The first-order valence-electron chi connectivity index (χ1n) is 10.4. The number of carbonyl (C=O) groups excluding carboxylic acids is 1. The maximum Gasteiger partial charge on any atom is 0.229 e. The molecule has 32 heavy (non-hydrogen) atoms. The van der Waals surface area contributed by atoms with E-state index in [0.29, 0.717) is 26.5 Å². The Bertz CT molecular complexity index is 1140. The van der Waals surface area contributed by atoms with Crippen molar-refractivity contribution in [1.82, 2.24) is 4.98 Å². The minimum absolute atomic E-state index is 0.0477. The van der Waals surface area contributed by atoms with Crippen LogP contribution in [0.4, 0.5) is 10.8 Å². The van der Waals surface area contributed by atoms with E-state index in [1.807, 2.05) is 19.1 Å². The molecule has 1 unspecified atom stereocenters. The van der Waals surface area contributed by atoms with E-state index in [0.717, 1.165) is 41.8 Å². The lowest BCUT2D eigenvalue weighted by Gasteiger charge is -2.12. The van der Waals surface area contributed by atoms with Gasteiger partial charge in [-0.25, -0.2) is 9.19 Å². The Labute approximate surface area is 199 Å². The number of amides is 1. The maximum absolute atomic E-state index is 13.1. The van der Waals surface area contributed by atoms with E-state index in [1.54, 1.807) is 37.4 Å². The number of aromatic nitrogens is 1. The number of nitrogens with one attached hydrogen (secondary N) is 2. The first-order chi connectivity index (χ1) is 15.4. The normalized spacial score (nSPS) is 14.8. The second-order valence-corrected chi connectivity index (χ2v) is 10.3. The minimum atomic E-state index is -1.55. The molecular formula is C23H24ClN3O3S2. The van der Waals surface area contributed by atoms with Crippen LogP contribution in [-0.2, 0) is 15.8 Å². The molecule has 1 aromatic heterocycles. The van der Waals surface area contributed by atoms with Crippen molar-refractivity contribution in [1.29, 1.82) is 0 Å². The highest BCUT2D eigenvalue weighted by atomic mass is 35.5. The molecule has 2 N–H and O–H groups in total. The monoisotopic (exact) mass is 489 g/mol.